The molecule has 2 aliphatic heterocycles. The number of fused-ring (bicyclic) bond motifs is 5. The molecule has 39 heavy (non-hydrogen) atoms. The largest absolute Gasteiger partial charge is 0.508 e. The molecular formula is C29H28O8S2. The SMILES string of the molecule is COc1cc2c(cc1O)CSSCC1Cc3cc(O)cc(OCO)c3-c3ccc4c(c31)OC2C4COC(C)=O. The first-order valence-electron chi connectivity index (χ1n) is 12.6. The van der Waals surface area contributed by atoms with Gasteiger partial charge in [0.2, 0.25) is 0 Å². The Morgan fingerprint density at radius 1 is 1.08 bits per heavy atom. The van der Waals surface area contributed by atoms with Crippen molar-refractivity contribution in [1.29, 1.82) is 0 Å². The van der Waals surface area contributed by atoms with Crippen LogP contribution < -0.4 is 14.2 Å². The van der Waals surface area contributed by atoms with Gasteiger partial charge in [-0.25, -0.2) is 0 Å². The molecule has 0 fully saturated rings. The van der Waals surface area contributed by atoms with E-state index in [0.717, 1.165) is 50.4 Å². The second kappa shape index (κ2) is 10.4. The van der Waals surface area contributed by atoms with Gasteiger partial charge in [-0.1, -0.05) is 33.7 Å². The van der Waals surface area contributed by atoms with Gasteiger partial charge >= 0.3 is 5.97 Å². The average Bonchev–Trinajstić information content (AvgIpc) is 3.26. The fourth-order valence-electron chi connectivity index (χ4n) is 5.93. The average molecular weight is 569 g/mol. The predicted octanol–water partition coefficient (Wildman–Crippen LogP) is 5.42. The first-order chi connectivity index (χ1) is 18.9. The van der Waals surface area contributed by atoms with Gasteiger partial charge in [0, 0.05) is 52.7 Å². The van der Waals surface area contributed by atoms with Crippen LogP contribution in [0.15, 0.2) is 36.4 Å². The molecule has 3 atom stereocenters. The van der Waals surface area contributed by atoms with E-state index in [1.54, 1.807) is 33.7 Å². The molecule has 0 amide bonds. The summed E-state index contributed by atoms with van der Waals surface area (Å²) in [6, 6.07) is 10.9. The zero-order valence-electron chi connectivity index (χ0n) is 21.4. The van der Waals surface area contributed by atoms with E-state index in [9.17, 15) is 20.1 Å². The topological polar surface area (TPSA) is 115 Å². The highest BCUT2D eigenvalue weighted by atomic mass is 33.1. The Kier molecular flexibility index (Phi) is 6.95. The standard InChI is InChI=1S/C29H28O8S2/c1-14(31)35-10-22-19-3-4-20-26-15(6-18(32)8-25(26)36-13-30)5-17-12-39-38-11-16-7-23(33)24(34-2)9-21(16)28(22)37-29(19)27(17)20/h3-4,6-9,17,22,28,30,32-33H,5,10-13H2,1-2H3. The van der Waals surface area contributed by atoms with Crippen LogP contribution in [0.1, 0.15) is 52.7 Å². The van der Waals surface area contributed by atoms with Gasteiger partial charge < -0.3 is 34.3 Å². The van der Waals surface area contributed by atoms with E-state index in [1.807, 2.05) is 18.2 Å². The number of rotatable bonds is 5. The quantitative estimate of drug-likeness (QED) is 0.209. The Bertz CT molecular complexity index is 1460. The zero-order valence-corrected chi connectivity index (χ0v) is 23.1. The molecule has 0 saturated heterocycles. The minimum Gasteiger partial charge on any atom is -0.508 e. The summed E-state index contributed by atoms with van der Waals surface area (Å²) >= 11 is 0. The third-order valence-electron chi connectivity index (χ3n) is 7.55. The number of hydrogen-bond donors (Lipinski definition) is 3. The molecule has 204 valence electrons. The lowest BCUT2D eigenvalue weighted by Gasteiger charge is -2.30. The molecular weight excluding hydrogens is 540 g/mol. The van der Waals surface area contributed by atoms with Crippen LogP contribution in [0.5, 0.6) is 28.7 Å². The molecule has 2 heterocycles. The van der Waals surface area contributed by atoms with Gasteiger partial charge in [0.25, 0.3) is 0 Å². The zero-order chi connectivity index (χ0) is 27.3. The van der Waals surface area contributed by atoms with Crippen LogP contribution in [0.2, 0.25) is 0 Å². The third kappa shape index (κ3) is 4.54. The number of methoxy groups -OCH3 is 1. The summed E-state index contributed by atoms with van der Waals surface area (Å²) < 4.78 is 23.4. The molecule has 2 bridgehead atoms. The van der Waals surface area contributed by atoms with E-state index < -0.39 is 12.9 Å². The molecule has 1 aliphatic carbocycles. The van der Waals surface area contributed by atoms with Gasteiger partial charge in [0.15, 0.2) is 18.3 Å². The Labute approximate surface area is 233 Å². The predicted molar refractivity (Wildman–Crippen MR) is 149 cm³/mol. The molecule has 3 aromatic carbocycles. The number of ether oxygens (including phenoxy) is 4. The summed E-state index contributed by atoms with van der Waals surface area (Å²) in [5, 5.41) is 30.5. The maximum absolute atomic E-state index is 11.9. The number of phenols is 2. The Morgan fingerprint density at radius 2 is 1.92 bits per heavy atom. The number of phenolic OH excluding ortho intramolecular Hbond substituents is 2. The van der Waals surface area contributed by atoms with E-state index in [2.05, 4.69) is 0 Å². The van der Waals surface area contributed by atoms with Crippen molar-refractivity contribution in [2.24, 2.45) is 0 Å². The van der Waals surface area contributed by atoms with Gasteiger partial charge in [-0.2, -0.15) is 0 Å². The van der Waals surface area contributed by atoms with Crippen molar-refractivity contribution in [1.82, 2.24) is 0 Å². The minimum atomic E-state index is -0.513. The second-order valence-electron chi connectivity index (χ2n) is 9.81. The minimum absolute atomic E-state index is 0.0641. The molecule has 0 spiro atoms. The molecule has 0 aromatic heterocycles. The van der Waals surface area contributed by atoms with Crippen molar-refractivity contribution >= 4 is 27.6 Å². The van der Waals surface area contributed by atoms with Crippen molar-refractivity contribution in [3.8, 4) is 39.9 Å². The fraction of sp³-hybridized carbons (Fsp3) is 0.345. The van der Waals surface area contributed by atoms with E-state index in [-0.39, 0.29) is 35.9 Å². The molecule has 0 saturated carbocycles. The number of carbonyl (C=O) groups excluding carboxylic acids is 1. The Morgan fingerprint density at radius 3 is 2.69 bits per heavy atom. The molecule has 3 N–H and O–H groups in total. The monoisotopic (exact) mass is 568 g/mol. The molecule has 3 aliphatic rings. The normalized spacial score (nSPS) is 20.6. The van der Waals surface area contributed by atoms with Crippen LogP contribution in [-0.2, 0) is 21.7 Å². The van der Waals surface area contributed by atoms with Crippen molar-refractivity contribution in [3.05, 3.63) is 64.2 Å². The lowest BCUT2D eigenvalue weighted by atomic mass is 9.77. The van der Waals surface area contributed by atoms with Crippen LogP contribution in [0, 0.1) is 0 Å². The maximum atomic E-state index is 11.9. The smallest absolute Gasteiger partial charge is 0.302 e. The van der Waals surface area contributed by atoms with Crippen molar-refractivity contribution < 1.29 is 39.1 Å². The highest BCUT2D eigenvalue weighted by molar-refractivity contribution is 8.76. The molecule has 10 heteroatoms. The van der Waals surface area contributed by atoms with Crippen LogP contribution in [0.4, 0.5) is 0 Å². The summed E-state index contributed by atoms with van der Waals surface area (Å²) in [7, 11) is 4.97. The molecule has 3 unspecified atom stereocenters. The van der Waals surface area contributed by atoms with Crippen LogP contribution in [-0.4, -0.2) is 47.6 Å². The van der Waals surface area contributed by atoms with Gasteiger partial charge in [-0.05, 0) is 41.3 Å². The number of aliphatic hydroxyl groups is 1. The maximum Gasteiger partial charge on any atom is 0.302 e. The lowest BCUT2D eigenvalue weighted by molar-refractivity contribution is -0.141. The summed E-state index contributed by atoms with van der Waals surface area (Å²) in [4.78, 5) is 11.9. The number of aromatic hydroxyl groups is 2. The number of hydrogen-bond acceptors (Lipinski definition) is 10. The number of carbonyl (C=O) groups is 1. The highest BCUT2D eigenvalue weighted by Gasteiger charge is 2.43. The van der Waals surface area contributed by atoms with Crippen molar-refractivity contribution in [2.75, 3.05) is 26.3 Å². The van der Waals surface area contributed by atoms with Crippen LogP contribution in [0.25, 0.3) is 11.1 Å². The van der Waals surface area contributed by atoms with Gasteiger partial charge in [0.05, 0.1) is 13.0 Å². The fourth-order valence-corrected chi connectivity index (χ4v) is 8.35. The molecule has 3 aromatic rings. The van der Waals surface area contributed by atoms with E-state index in [4.69, 9.17) is 18.9 Å². The van der Waals surface area contributed by atoms with Crippen LogP contribution in [0.3, 0.4) is 0 Å². The molecule has 0 radical (unpaired) electrons. The van der Waals surface area contributed by atoms with Gasteiger partial charge in [-0.3, -0.25) is 4.79 Å². The second-order valence-corrected chi connectivity index (χ2v) is 12.3. The number of aliphatic hydroxyl groups excluding tert-OH is 1. The summed E-state index contributed by atoms with van der Waals surface area (Å²) in [6.45, 7) is 1.02. The summed E-state index contributed by atoms with van der Waals surface area (Å²) in [6.07, 6.45) is 0.196. The number of esters is 1. The van der Waals surface area contributed by atoms with Crippen molar-refractivity contribution in [2.45, 2.75) is 37.0 Å². The highest BCUT2D eigenvalue weighted by Crippen LogP contribution is 2.58. The summed E-state index contributed by atoms with van der Waals surface area (Å²) in [5.74, 6) is 2.56. The lowest BCUT2D eigenvalue weighted by Crippen LogP contribution is -2.18. The third-order valence-corrected chi connectivity index (χ3v) is 9.94. The molecule has 6 rings (SSSR count). The Hall–Kier alpha value is -3.21. The van der Waals surface area contributed by atoms with Crippen LogP contribution >= 0.6 is 21.6 Å². The summed E-state index contributed by atoms with van der Waals surface area (Å²) in [5.41, 5.74) is 6.52. The van der Waals surface area contributed by atoms with E-state index in [1.165, 1.54) is 20.1 Å². The first-order valence-corrected chi connectivity index (χ1v) is 15.1. The van der Waals surface area contributed by atoms with Gasteiger partial charge in [0.1, 0.15) is 30.0 Å². The van der Waals surface area contributed by atoms with E-state index in [0.29, 0.717) is 23.7 Å². The number of benzene rings is 3. The Balaban J connectivity index is 1.57. The first kappa shape index (κ1) is 26.0. The molecule has 8 nitrogen and oxygen atoms in total. The van der Waals surface area contributed by atoms with Gasteiger partial charge in [-0.15, -0.1) is 0 Å². The van der Waals surface area contributed by atoms with Crippen molar-refractivity contribution in [3.63, 3.8) is 0 Å². The van der Waals surface area contributed by atoms with E-state index >= 15 is 0 Å².